The maximum Gasteiger partial charge on any atom is 0.410 e. The minimum atomic E-state index is -3.84. The van der Waals surface area contributed by atoms with Gasteiger partial charge in [0, 0.05) is 39.3 Å². The lowest BCUT2D eigenvalue weighted by Gasteiger charge is -2.34. The molecule has 45 heavy (non-hydrogen) atoms. The van der Waals surface area contributed by atoms with Crippen LogP contribution in [0, 0.1) is 0 Å². The molecule has 0 radical (unpaired) electrons. The zero-order valence-corrected chi connectivity index (χ0v) is 27.8. The van der Waals surface area contributed by atoms with Gasteiger partial charge in [0.15, 0.2) is 5.52 Å². The van der Waals surface area contributed by atoms with Gasteiger partial charge in [-0.15, -0.1) is 0 Å². The van der Waals surface area contributed by atoms with Crippen molar-refractivity contribution in [2.75, 3.05) is 52.4 Å². The number of likely N-dealkylation sites (tertiary alicyclic amines) is 1. The van der Waals surface area contributed by atoms with Crippen molar-refractivity contribution in [3.8, 4) is 17.3 Å². The molecule has 3 aromatic heterocycles. The minimum absolute atomic E-state index is 0.0109. The summed E-state index contributed by atoms with van der Waals surface area (Å²) in [6, 6.07) is 1.45. The SMILES string of the molecule is CCOc1ncc(S(=O)(=O)N2CCN(CC)CC2)cc1-c1nc2c(CC)n(C3CCN(C(=O)OC(C)(C)C)CC3)nc2c(=O)[nH]1. The number of ether oxygens (including phenoxy) is 2. The molecule has 0 saturated carbocycles. The van der Waals surface area contributed by atoms with Crippen LogP contribution < -0.4 is 10.3 Å². The van der Waals surface area contributed by atoms with Gasteiger partial charge < -0.3 is 24.3 Å². The second kappa shape index (κ2) is 13.0. The summed E-state index contributed by atoms with van der Waals surface area (Å²) in [4.78, 5) is 41.9. The largest absolute Gasteiger partial charge is 0.477 e. The molecule has 15 heteroatoms. The van der Waals surface area contributed by atoms with Crippen LogP contribution in [0.5, 0.6) is 5.88 Å². The molecule has 0 spiro atoms. The first kappa shape index (κ1) is 32.8. The smallest absolute Gasteiger partial charge is 0.410 e. The number of carbonyl (C=O) groups is 1. The van der Waals surface area contributed by atoms with Crippen LogP contribution in [-0.4, -0.2) is 111 Å². The number of hydrogen-bond donors (Lipinski definition) is 1. The molecule has 246 valence electrons. The van der Waals surface area contributed by atoms with Gasteiger partial charge in [0.25, 0.3) is 5.56 Å². The van der Waals surface area contributed by atoms with Crippen LogP contribution in [-0.2, 0) is 21.2 Å². The number of likely N-dealkylation sites (N-methyl/N-ethyl adjacent to an activating group) is 1. The number of fused-ring (bicyclic) bond motifs is 1. The summed E-state index contributed by atoms with van der Waals surface area (Å²) >= 11 is 0. The molecular formula is C30H44N8O6S. The Kier molecular flexibility index (Phi) is 9.52. The first-order valence-electron chi connectivity index (χ1n) is 15.7. The molecular weight excluding hydrogens is 600 g/mol. The summed E-state index contributed by atoms with van der Waals surface area (Å²) in [6.45, 7) is 15.6. The van der Waals surface area contributed by atoms with Gasteiger partial charge in [0.05, 0.1) is 30.1 Å². The van der Waals surface area contributed by atoms with Crippen molar-refractivity contribution in [3.05, 3.63) is 28.3 Å². The summed E-state index contributed by atoms with van der Waals surface area (Å²) < 4.78 is 41.8. The second-order valence-corrected chi connectivity index (χ2v) is 14.3. The normalized spacial score (nSPS) is 17.6. The van der Waals surface area contributed by atoms with Crippen LogP contribution in [0.2, 0.25) is 0 Å². The van der Waals surface area contributed by atoms with Gasteiger partial charge in [-0.3, -0.25) is 9.48 Å². The Labute approximate surface area is 263 Å². The van der Waals surface area contributed by atoms with Crippen molar-refractivity contribution >= 4 is 27.1 Å². The number of hydrogen-bond acceptors (Lipinski definition) is 10. The number of nitrogens with zero attached hydrogens (tertiary/aromatic N) is 7. The molecule has 1 N–H and O–H groups in total. The average Bonchev–Trinajstić information content (AvgIpc) is 3.40. The third kappa shape index (κ3) is 6.84. The first-order chi connectivity index (χ1) is 21.4. The summed E-state index contributed by atoms with van der Waals surface area (Å²) in [5.41, 5.74) is 0.701. The van der Waals surface area contributed by atoms with Gasteiger partial charge in [-0.1, -0.05) is 13.8 Å². The van der Waals surface area contributed by atoms with Gasteiger partial charge in [-0.05, 0) is 59.6 Å². The van der Waals surface area contributed by atoms with Crippen LogP contribution in [0.4, 0.5) is 4.79 Å². The molecule has 2 saturated heterocycles. The number of aromatic nitrogens is 5. The Balaban J connectivity index is 1.48. The molecule has 5 rings (SSSR count). The van der Waals surface area contributed by atoms with Crippen molar-refractivity contribution in [1.29, 1.82) is 0 Å². The molecule has 2 aliphatic rings. The fourth-order valence-corrected chi connectivity index (χ4v) is 7.24. The molecule has 0 aromatic carbocycles. The van der Waals surface area contributed by atoms with Crippen LogP contribution >= 0.6 is 0 Å². The van der Waals surface area contributed by atoms with Crippen LogP contribution in [0.25, 0.3) is 22.4 Å². The molecule has 0 bridgehead atoms. The molecule has 5 heterocycles. The number of amides is 1. The molecule has 0 atom stereocenters. The number of pyridine rings is 1. The van der Waals surface area contributed by atoms with E-state index in [0.29, 0.717) is 64.0 Å². The van der Waals surface area contributed by atoms with Crippen LogP contribution in [0.3, 0.4) is 0 Å². The zero-order valence-electron chi connectivity index (χ0n) is 27.0. The van der Waals surface area contributed by atoms with E-state index in [0.717, 1.165) is 12.2 Å². The Morgan fingerprint density at radius 2 is 1.73 bits per heavy atom. The molecule has 1 amide bonds. The first-order valence-corrected chi connectivity index (χ1v) is 17.1. The molecule has 14 nitrogen and oxygen atoms in total. The van der Waals surface area contributed by atoms with E-state index in [1.54, 1.807) is 11.8 Å². The monoisotopic (exact) mass is 644 g/mol. The van der Waals surface area contributed by atoms with Gasteiger partial charge in [-0.25, -0.2) is 23.2 Å². The number of rotatable bonds is 8. The van der Waals surface area contributed by atoms with E-state index in [9.17, 15) is 18.0 Å². The van der Waals surface area contributed by atoms with Crippen molar-refractivity contribution in [1.82, 2.24) is 38.8 Å². The third-order valence-corrected chi connectivity index (χ3v) is 10.1. The number of nitrogens with one attached hydrogen (secondary N) is 1. The lowest BCUT2D eigenvalue weighted by Crippen LogP contribution is -2.48. The average molecular weight is 645 g/mol. The van der Waals surface area contributed by atoms with Gasteiger partial charge >= 0.3 is 6.09 Å². The fourth-order valence-electron chi connectivity index (χ4n) is 5.85. The van der Waals surface area contributed by atoms with Crippen molar-refractivity contribution in [2.24, 2.45) is 0 Å². The summed E-state index contributed by atoms with van der Waals surface area (Å²) in [5.74, 6) is 0.333. The summed E-state index contributed by atoms with van der Waals surface area (Å²) in [6.07, 6.45) is 2.82. The number of aromatic amines is 1. The van der Waals surface area contributed by atoms with Crippen LogP contribution in [0.15, 0.2) is 22.0 Å². The second-order valence-electron chi connectivity index (χ2n) is 12.4. The van der Waals surface area contributed by atoms with E-state index in [2.05, 4.69) is 26.9 Å². The molecule has 0 unspecified atom stereocenters. The number of piperidine rings is 1. The molecule has 3 aromatic rings. The van der Waals surface area contributed by atoms with E-state index < -0.39 is 21.2 Å². The highest BCUT2D eigenvalue weighted by Gasteiger charge is 2.32. The highest BCUT2D eigenvalue weighted by atomic mass is 32.2. The lowest BCUT2D eigenvalue weighted by atomic mass is 10.1. The standard InChI is InChI=1S/C30H44N8O6S/c1-7-23-24-25(34-38(23)20-10-12-36(13-11-20)29(40)44-30(4,5)6)27(39)33-26(32-24)22-18-21(19-31-28(22)43-9-3)45(41,42)37-16-14-35(8-2)15-17-37/h18-20H,7-17H2,1-6H3,(H,32,33,39). The van der Waals surface area contributed by atoms with Crippen LogP contribution in [0.1, 0.15) is 66.1 Å². The van der Waals surface area contributed by atoms with E-state index in [1.807, 2.05) is 32.4 Å². The Morgan fingerprint density at radius 3 is 2.33 bits per heavy atom. The van der Waals surface area contributed by atoms with E-state index >= 15 is 0 Å². The number of carbonyl (C=O) groups excluding carboxylic acids is 1. The Hall–Kier alpha value is -3.56. The zero-order chi connectivity index (χ0) is 32.5. The third-order valence-electron chi connectivity index (χ3n) is 8.23. The maximum atomic E-state index is 13.6. The molecule has 0 aliphatic carbocycles. The van der Waals surface area contributed by atoms with E-state index in [-0.39, 0.29) is 46.4 Å². The predicted octanol–water partition coefficient (Wildman–Crippen LogP) is 3.04. The van der Waals surface area contributed by atoms with Gasteiger partial charge in [0.2, 0.25) is 15.9 Å². The van der Waals surface area contributed by atoms with E-state index in [1.165, 1.54) is 16.6 Å². The predicted molar refractivity (Wildman–Crippen MR) is 169 cm³/mol. The van der Waals surface area contributed by atoms with Gasteiger partial charge in [0.1, 0.15) is 21.8 Å². The van der Waals surface area contributed by atoms with Crippen molar-refractivity contribution < 1.29 is 22.7 Å². The number of aryl methyl sites for hydroxylation is 1. The highest BCUT2D eigenvalue weighted by Crippen LogP contribution is 2.32. The van der Waals surface area contributed by atoms with Crippen molar-refractivity contribution in [2.45, 2.75) is 77.3 Å². The summed E-state index contributed by atoms with van der Waals surface area (Å²) in [7, 11) is -3.84. The Bertz CT molecular complexity index is 1700. The maximum absolute atomic E-state index is 13.6. The highest BCUT2D eigenvalue weighted by molar-refractivity contribution is 7.89. The van der Waals surface area contributed by atoms with Crippen molar-refractivity contribution in [3.63, 3.8) is 0 Å². The number of piperazine rings is 1. The quantitative estimate of drug-likeness (QED) is 0.387. The molecule has 2 aliphatic heterocycles. The van der Waals surface area contributed by atoms with E-state index in [4.69, 9.17) is 14.5 Å². The topological polar surface area (TPSA) is 156 Å². The summed E-state index contributed by atoms with van der Waals surface area (Å²) in [5, 5.41) is 4.68. The number of sulfonamides is 1. The van der Waals surface area contributed by atoms with Gasteiger partial charge in [-0.2, -0.15) is 9.40 Å². The fraction of sp³-hybridized carbons (Fsp3) is 0.633. The lowest BCUT2D eigenvalue weighted by molar-refractivity contribution is 0.0184. The Morgan fingerprint density at radius 1 is 1.04 bits per heavy atom. The minimum Gasteiger partial charge on any atom is -0.477 e. The number of H-pyrrole nitrogens is 1. The molecule has 2 fully saturated rings.